The van der Waals surface area contributed by atoms with Gasteiger partial charge in [0.25, 0.3) is 0 Å². The lowest BCUT2D eigenvalue weighted by atomic mass is 9.85. The van der Waals surface area contributed by atoms with Crippen molar-refractivity contribution in [2.75, 3.05) is 0 Å². The first-order chi connectivity index (χ1) is 7.43. The Balaban J connectivity index is 2.48. The second-order valence-corrected chi connectivity index (χ2v) is 4.76. The fourth-order valence-electron chi connectivity index (χ4n) is 2.54. The average molecular weight is 220 g/mol. The summed E-state index contributed by atoms with van der Waals surface area (Å²) in [5, 5.41) is 19.4. The van der Waals surface area contributed by atoms with Crippen LogP contribution in [0.3, 0.4) is 0 Å². The zero-order valence-electron chi connectivity index (χ0n) is 9.53. The third kappa shape index (κ3) is 1.61. The number of aryl methyl sites for hydroxylation is 1. The number of carboxylic acid groups (broad SMARTS) is 1. The first kappa shape index (κ1) is 11.1. The Bertz CT molecular complexity index is 439. The molecule has 3 heteroatoms. The topological polar surface area (TPSA) is 57.5 Å². The minimum atomic E-state index is -1.20. The Labute approximate surface area is 94.7 Å². The molecule has 1 aliphatic rings. The van der Waals surface area contributed by atoms with Crippen molar-refractivity contribution < 1.29 is 15.0 Å². The largest absolute Gasteiger partial charge is 0.481 e. The summed E-state index contributed by atoms with van der Waals surface area (Å²) in [5.74, 6) is -0.996. The Morgan fingerprint density at radius 1 is 1.56 bits per heavy atom. The summed E-state index contributed by atoms with van der Waals surface area (Å²) in [6.45, 7) is 3.85. The van der Waals surface area contributed by atoms with Gasteiger partial charge in [-0.25, -0.2) is 0 Å². The monoisotopic (exact) mass is 220 g/mol. The number of aliphatic carboxylic acids is 1. The summed E-state index contributed by atoms with van der Waals surface area (Å²) in [4.78, 5) is 10.8. The van der Waals surface area contributed by atoms with Crippen LogP contribution in [0.1, 0.15) is 30.0 Å². The van der Waals surface area contributed by atoms with E-state index < -0.39 is 11.6 Å². The first-order valence-corrected chi connectivity index (χ1v) is 5.47. The Hall–Kier alpha value is -1.35. The van der Waals surface area contributed by atoms with E-state index in [1.807, 2.05) is 32.0 Å². The Morgan fingerprint density at radius 3 is 2.88 bits per heavy atom. The molecule has 2 unspecified atom stereocenters. The van der Waals surface area contributed by atoms with E-state index in [1.165, 1.54) is 0 Å². The predicted molar refractivity (Wildman–Crippen MR) is 60.2 cm³/mol. The summed E-state index contributed by atoms with van der Waals surface area (Å²) in [7, 11) is 0. The van der Waals surface area contributed by atoms with Crippen LogP contribution in [-0.4, -0.2) is 16.2 Å². The van der Waals surface area contributed by atoms with Crippen molar-refractivity contribution in [1.82, 2.24) is 0 Å². The lowest BCUT2D eigenvalue weighted by Gasteiger charge is -2.27. The van der Waals surface area contributed by atoms with E-state index in [0.717, 1.165) is 23.1 Å². The van der Waals surface area contributed by atoms with E-state index in [9.17, 15) is 9.90 Å². The number of aliphatic hydroxyl groups is 1. The lowest BCUT2D eigenvalue weighted by Crippen LogP contribution is -2.32. The molecule has 2 rings (SSSR count). The summed E-state index contributed by atoms with van der Waals surface area (Å²) in [5.41, 5.74) is 1.72. The zero-order chi connectivity index (χ0) is 11.9. The summed E-state index contributed by atoms with van der Waals surface area (Å²) in [6.07, 6.45) is 0.532. The van der Waals surface area contributed by atoms with Gasteiger partial charge in [0, 0.05) is 0 Å². The van der Waals surface area contributed by atoms with Gasteiger partial charge in [0.15, 0.2) is 0 Å². The van der Waals surface area contributed by atoms with Gasteiger partial charge in [0.1, 0.15) is 5.60 Å². The van der Waals surface area contributed by atoms with Crippen molar-refractivity contribution in [2.45, 2.75) is 32.3 Å². The minimum absolute atomic E-state index is 0.0413. The number of fused-ring (bicyclic) bond motifs is 1. The molecule has 0 amide bonds. The van der Waals surface area contributed by atoms with E-state index in [2.05, 4.69) is 0 Å². The molecule has 0 aromatic heterocycles. The highest BCUT2D eigenvalue weighted by Gasteiger charge is 2.44. The molecule has 0 saturated heterocycles. The van der Waals surface area contributed by atoms with Crippen molar-refractivity contribution >= 4 is 5.97 Å². The van der Waals surface area contributed by atoms with E-state index in [-0.39, 0.29) is 12.3 Å². The molecule has 0 aliphatic heterocycles. The van der Waals surface area contributed by atoms with Gasteiger partial charge in [-0.3, -0.25) is 4.79 Å². The molecule has 0 heterocycles. The highest BCUT2D eigenvalue weighted by molar-refractivity contribution is 5.69. The van der Waals surface area contributed by atoms with E-state index in [4.69, 9.17) is 5.11 Å². The minimum Gasteiger partial charge on any atom is -0.481 e. The van der Waals surface area contributed by atoms with E-state index >= 15 is 0 Å². The second-order valence-electron chi connectivity index (χ2n) is 4.76. The van der Waals surface area contributed by atoms with Crippen LogP contribution in [0.2, 0.25) is 0 Å². The Kier molecular flexibility index (Phi) is 2.50. The van der Waals surface area contributed by atoms with Gasteiger partial charge in [-0.15, -0.1) is 0 Å². The highest BCUT2D eigenvalue weighted by atomic mass is 16.4. The molecular formula is C13H16O3. The van der Waals surface area contributed by atoms with Gasteiger partial charge >= 0.3 is 5.97 Å². The quantitative estimate of drug-likeness (QED) is 0.799. The van der Waals surface area contributed by atoms with Crippen LogP contribution >= 0.6 is 0 Å². The van der Waals surface area contributed by atoms with Crippen LogP contribution in [0.25, 0.3) is 0 Å². The van der Waals surface area contributed by atoms with Gasteiger partial charge in [-0.2, -0.15) is 0 Å². The fraction of sp³-hybridized carbons (Fsp3) is 0.462. The molecule has 1 aromatic rings. The lowest BCUT2D eigenvalue weighted by molar-refractivity contribution is -0.144. The fourth-order valence-corrected chi connectivity index (χ4v) is 2.54. The molecular weight excluding hydrogens is 204 g/mol. The van der Waals surface area contributed by atoms with E-state index in [0.29, 0.717) is 0 Å². The molecule has 0 bridgehead atoms. The van der Waals surface area contributed by atoms with Crippen LogP contribution in [0.5, 0.6) is 0 Å². The summed E-state index contributed by atoms with van der Waals surface area (Å²) in [6, 6.07) is 5.89. The molecule has 86 valence electrons. The van der Waals surface area contributed by atoms with Crippen molar-refractivity contribution in [3.63, 3.8) is 0 Å². The average Bonchev–Trinajstić information content (AvgIpc) is 2.40. The maximum absolute atomic E-state index is 10.8. The number of hydrogen-bond acceptors (Lipinski definition) is 2. The van der Waals surface area contributed by atoms with Gasteiger partial charge in [-0.05, 0) is 30.4 Å². The van der Waals surface area contributed by atoms with Gasteiger partial charge in [0.2, 0.25) is 0 Å². The molecule has 16 heavy (non-hydrogen) atoms. The zero-order valence-corrected chi connectivity index (χ0v) is 9.53. The van der Waals surface area contributed by atoms with Gasteiger partial charge in [0.05, 0.1) is 6.42 Å². The van der Waals surface area contributed by atoms with Crippen LogP contribution in [-0.2, 0) is 16.8 Å². The van der Waals surface area contributed by atoms with Crippen molar-refractivity contribution in [3.05, 3.63) is 34.9 Å². The number of rotatable bonds is 2. The van der Waals surface area contributed by atoms with Crippen LogP contribution in [0.4, 0.5) is 0 Å². The van der Waals surface area contributed by atoms with Crippen molar-refractivity contribution in [2.24, 2.45) is 5.92 Å². The van der Waals surface area contributed by atoms with Crippen molar-refractivity contribution in [3.8, 4) is 0 Å². The van der Waals surface area contributed by atoms with Crippen molar-refractivity contribution in [1.29, 1.82) is 0 Å². The molecule has 0 saturated carbocycles. The van der Waals surface area contributed by atoms with Gasteiger partial charge in [-0.1, -0.05) is 30.7 Å². The van der Waals surface area contributed by atoms with Gasteiger partial charge < -0.3 is 10.2 Å². The molecule has 1 aliphatic carbocycles. The number of carboxylic acids is 1. The molecule has 1 aromatic carbocycles. The third-order valence-corrected chi connectivity index (χ3v) is 3.49. The SMILES string of the molecule is Cc1ccc2c(c1)C(O)(CC(=O)O)C(C)C2. The molecule has 2 atom stereocenters. The first-order valence-electron chi connectivity index (χ1n) is 5.47. The van der Waals surface area contributed by atoms with E-state index in [1.54, 1.807) is 0 Å². The van der Waals surface area contributed by atoms with Crippen LogP contribution < -0.4 is 0 Å². The molecule has 0 radical (unpaired) electrons. The van der Waals surface area contributed by atoms with Crippen LogP contribution in [0.15, 0.2) is 18.2 Å². The number of carbonyl (C=O) groups is 1. The molecule has 3 nitrogen and oxygen atoms in total. The normalized spacial score (nSPS) is 27.8. The highest BCUT2D eigenvalue weighted by Crippen LogP contribution is 2.43. The summed E-state index contributed by atoms with van der Waals surface area (Å²) >= 11 is 0. The molecule has 0 fully saturated rings. The third-order valence-electron chi connectivity index (χ3n) is 3.49. The molecule has 2 N–H and O–H groups in total. The predicted octanol–water partition coefficient (Wildman–Crippen LogP) is 1.85. The second kappa shape index (κ2) is 3.59. The maximum Gasteiger partial charge on any atom is 0.306 e. The van der Waals surface area contributed by atoms with Crippen LogP contribution in [0, 0.1) is 12.8 Å². The standard InChI is InChI=1S/C13H16O3/c1-8-3-4-10-6-9(2)13(16,7-12(14)15)11(10)5-8/h3-5,9,16H,6-7H2,1-2H3,(H,14,15). The maximum atomic E-state index is 10.8. The smallest absolute Gasteiger partial charge is 0.306 e. The molecule has 0 spiro atoms. The number of benzene rings is 1. The Morgan fingerprint density at radius 2 is 2.25 bits per heavy atom. The summed E-state index contributed by atoms with van der Waals surface area (Å²) < 4.78 is 0. The number of hydrogen-bond donors (Lipinski definition) is 2.